The Morgan fingerprint density at radius 1 is 1.03 bits per heavy atom. The molecule has 4 nitrogen and oxygen atoms in total. The molecule has 0 spiro atoms. The van der Waals surface area contributed by atoms with Crippen LogP contribution < -0.4 is 5.32 Å². The molecule has 1 fully saturated rings. The van der Waals surface area contributed by atoms with Crippen LogP contribution in [0.3, 0.4) is 0 Å². The molecule has 1 unspecified atom stereocenters. The molecule has 0 bridgehead atoms. The molecule has 0 radical (unpaired) electrons. The lowest BCUT2D eigenvalue weighted by Gasteiger charge is -2.29. The largest absolute Gasteiger partial charge is 0.416 e. The fourth-order valence-electron chi connectivity index (χ4n) is 3.68. The molecule has 1 heterocycles. The van der Waals surface area contributed by atoms with Gasteiger partial charge in [-0.2, -0.15) is 26.3 Å². The Labute approximate surface area is 192 Å². The number of urea groups is 1. The highest BCUT2D eigenvalue weighted by Crippen LogP contribution is 2.37. The lowest BCUT2D eigenvalue weighted by molar-refractivity contribution is -0.143. The smallest absolute Gasteiger partial charge is 0.374 e. The van der Waals surface area contributed by atoms with Gasteiger partial charge in [-0.05, 0) is 29.3 Å². The van der Waals surface area contributed by atoms with Gasteiger partial charge >= 0.3 is 18.4 Å². The third-order valence-corrected chi connectivity index (χ3v) is 5.28. The first-order valence-corrected chi connectivity index (χ1v) is 10.2. The minimum Gasteiger partial charge on any atom is -0.374 e. The first-order chi connectivity index (χ1) is 15.9. The summed E-state index contributed by atoms with van der Waals surface area (Å²) in [5, 5.41) is 2.86. The summed E-state index contributed by atoms with van der Waals surface area (Å²) in [5.74, 6) is 0. The molecule has 3 rings (SSSR count). The molecule has 0 aliphatic carbocycles. The number of amides is 2. The second-order valence-corrected chi connectivity index (χ2v) is 7.83. The molecule has 182 valence electrons. The third kappa shape index (κ3) is 5.99. The summed E-state index contributed by atoms with van der Waals surface area (Å²) < 4.78 is 84.4. The molecule has 0 saturated carbocycles. The van der Waals surface area contributed by atoms with Crippen molar-refractivity contribution in [3.8, 4) is 0 Å². The van der Waals surface area contributed by atoms with Crippen LogP contribution in [0.25, 0.3) is 0 Å². The molecule has 0 aromatic heterocycles. The van der Waals surface area contributed by atoms with Crippen LogP contribution in [0.15, 0.2) is 73.3 Å². The summed E-state index contributed by atoms with van der Waals surface area (Å²) in [6.45, 7) is 3.37. The predicted octanol–water partition coefficient (Wildman–Crippen LogP) is 5.90. The van der Waals surface area contributed by atoms with Gasteiger partial charge in [0, 0.05) is 6.54 Å². The Hall–Kier alpha value is -3.27. The number of hydrogen-bond donors (Lipinski definition) is 1. The van der Waals surface area contributed by atoms with E-state index < -0.39 is 35.6 Å². The molecule has 1 atom stereocenters. The summed E-state index contributed by atoms with van der Waals surface area (Å²) in [4.78, 5) is 14.1. The second-order valence-electron chi connectivity index (χ2n) is 7.83. The van der Waals surface area contributed by atoms with Gasteiger partial charge < -0.3 is 15.0 Å². The van der Waals surface area contributed by atoms with Crippen molar-refractivity contribution in [3.05, 3.63) is 95.6 Å². The number of carbonyl (C=O) groups excluding carboxylic acids is 1. The highest BCUT2D eigenvalue weighted by molar-refractivity contribution is 5.78. The average Bonchev–Trinajstić information content (AvgIpc) is 3.09. The Morgan fingerprint density at radius 3 is 2.21 bits per heavy atom. The number of carbonyl (C=O) groups is 1. The standard InChI is InChI=1S/C24H22F6N2O2/c1-2-3-7-10-32-15-22(31-21(32)33,18-8-5-4-6-9-18)16-34-14-17-11-19(23(25,26)27)13-20(12-17)24(28,29)30/h2-9,11-13H,1,10,14-16H2,(H,31,33)/b7-3-. The normalized spacial score (nSPS) is 19.0. The van der Waals surface area contributed by atoms with Crippen molar-refractivity contribution in [1.82, 2.24) is 10.2 Å². The SMILES string of the molecule is C=C/C=C\CN1CC(COCc2cc(C(F)(F)F)cc(C(F)(F)F)c2)(c2ccccc2)NC1=O. The monoisotopic (exact) mass is 484 g/mol. The fraction of sp³-hybridized carbons (Fsp3) is 0.292. The van der Waals surface area contributed by atoms with Crippen LogP contribution in [-0.2, 0) is 29.2 Å². The van der Waals surface area contributed by atoms with Crippen LogP contribution >= 0.6 is 0 Å². The maximum absolute atomic E-state index is 13.1. The number of rotatable bonds is 8. The first kappa shape index (κ1) is 25.4. The van der Waals surface area contributed by atoms with E-state index in [0.717, 1.165) is 0 Å². The number of halogens is 6. The van der Waals surface area contributed by atoms with Crippen LogP contribution in [0.2, 0.25) is 0 Å². The summed E-state index contributed by atoms with van der Waals surface area (Å²) in [5.41, 5.74) is -3.44. The fourth-order valence-corrected chi connectivity index (χ4v) is 3.68. The Morgan fingerprint density at radius 2 is 1.65 bits per heavy atom. The van der Waals surface area contributed by atoms with E-state index in [9.17, 15) is 31.1 Å². The van der Waals surface area contributed by atoms with Crippen molar-refractivity contribution in [2.75, 3.05) is 19.7 Å². The minimum atomic E-state index is -4.94. The van der Waals surface area contributed by atoms with E-state index in [4.69, 9.17) is 4.74 Å². The van der Waals surface area contributed by atoms with E-state index in [1.54, 1.807) is 48.6 Å². The van der Waals surface area contributed by atoms with E-state index >= 15 is 0 Å². The maximum Gasteiger partial charge on any atom is 0.416 e. The van der Waals surface area contributed by atoms with E-state index in [-0.39, 0.29) is 37.4 Å². The number of nitrogens with zero attached hydrogens (tertiary/aromatic N) is 1. The van der Waals surface area contributed by atoms with Crippen molar-refractivity contribution < 1.29 is 35.9 Å². The van der Waals surface area contributed by atoms with Gasteiger partial charge in [0.25, 0.3) is 0 Å². The van der Waals surface area contributed by atoms with Crippen LogP contribution in [0.1, 0.15) is 22.3 Å². The molecule has 1 aliphatic rings. The van der Waals surface area contributed by atoms with E-state index in [1.807, 2.05) is 0 Å². The number of benzene rings is 2. The molecule has 34 heavy (non-hydrogen) atoms. The Balaban J connectivity index is 1.83. The third-order valence-electron chi connectivity index (χ3n) is 5.28. The molecule has 10 heteroatoms. The van der Waals surface area contributed by atoms with Crippen LogP contribution in [0, 0.1) is 0 Å². The number of nitrogens with one attached hydrogen (secondary N) is 1. The Kier molecular flexibility index (Phi) is 7.40. The van der Waals surface area contributed by atoms with Gasteiger partial charge in [-0.25, -0.2) is 4.79 Å². The molecule has 2 amide bonds. The predicted molar refractivity (Wildman–Crippen MR) is 114 cm³/mol. The first-order valence-electron chi connectivity index (χ1n) is 10.2. The van der Waals surface area contributed by atoms with Crippen molar-refractivity contribution in [2.24, 2.45) is 0 Å². The van der Waals surface area contributed by atoms with Gasteiger partial charge in [-0.3, -0.25) is 0 Å². The summed E-state index contributed by atoms with van der Waals surface area (Å²) in [6, 6.07) is 9.77. The topological polar surface area (TPSA) is 41.6 Å². The molecular formula is C24H22F6N2O2. The lowest BCUT2D eigenvalue weighted by Crippen LogP contribution is -2.44. The quantitative estimate of drug-likeness (QED) is 0.374. The molecule has 1 aliphatic heterocycles. The van der Waals surface area contributed by atoms with E-state index in [0.29, 0.717) is 17.7 Å². The average molecular weight is 484 g/mol. The number of alkyl halides is 6. The molecule has 1 saturated heterocycles. The van der Waals surface area contributed by atoms with Crippen LogP contribution in [0.4, 0.5) is 31.1 Å². The van der Waals surface area contributed by atoms with E-state index in [1.165, 1.54) is 4.90 Å². The van der Waals surface area contributed by atoms with Crippen molar-refractivity contribution >= 4 is 6.03 Å². The zero-order chi connectivity index (χ0) is 25.0. The van der Waals surface area contributed by atoms with Crippen molar-refractivity contribution in [3.63, 3.8) is 0 Å². The van der Waals surface area contributed by atoms with Crippen LogP contribution in [-0.4, -0.2) is 30.6 Å². The van der Waals surface area contributed by atoms with Gasteiger partial charge in [0.05, 0.1) is 30.9 Å². The van der Waals surface area contributed by atoms with Gasteiger partial charge in [-0.1, -0.05) is 55.1 Å². The Bertz CT molecular complexity index is 1020. The zero-order valence-corrected chi connectivity index (χ0v) is 17.9. The second kappa shape index (κ2) is 9.92. The highest BCUT2D eigenvalue weighted by atomic mass is 19.4. The summed E-state index contributed by atoms with van der Waals surface area (Å²) in [6.07, 6.45) is -4.92. The van der Waals surface area contributed by atoms with Gasteiger partial charge in [0.1, 0.15) is 5.54 Å². The summed E-state index contributed by atoms with van der Waals surface area (Å²) in [7, 11) is 0. The molecule has 1 N–H and O–H groups in total. The zero-order valence-electron chi connectivity index (χ0n) is 17.9. The van der Waals surface area contributed by atoms with Gasteiger partial charge in [0.2, 0.25) is 0 Å². The van der Waals surface area contributed by atoms with Crippen molar-refractivity contribution in [1.29, 1.82) is 0 Å². The molecule has 2 aromatic rings. The maximum atomic E-state index is 13.1. The number of allylic oxidation sites excluding steroid dienone is 2. The van der Waals surface area contributed by atoms with Gasteiger partial charge in [-0.15, -0.1) is 0 Å². The summed E-state index contributed by atoms with van der Waals surface area (Å²) >= 11 is 0. The highest BCUT2D eigenvalue weighted by Gasteiger charge is 2.44. The van der Waals surface area contributed by atoms with Crippen LogP contribution in [0.5, 0.6) is 0 Å². The van der Waals surface area contributed by atoms with E-state index in [2.05, 4.69) is 11.9 Å². The van der Waals surface area contributed by atoms with Crippen molar-refractivity contribution in [2.45, 2.75) is 24.5 Å². The minimum absolute atomic E-state index is 0.0702. The number of hydrogen-bond acceptors (Lipinski definition) is 2. The number of ether oxygens (including phenoxy) is 1. The lowest BCUT2D eigenvalue weighted by atomic mass is 9.91. The molecule has 2 aromatic carbocycles. The van der Waals surface area contributed by atoms with Gasteiger partial charge in [0.15, 0.2) is 0 Å². The molecular weight excluding hydrogens is 462 g/mol.